The number of hydrogen-bond acceptors (Lipinski definition) is 4. The van der Waals surface area contributed by atoms with Crippen molar-refractivity contribution in [3.63, 3.8) is 0 Å². The van der Waals surface area contributed by atoms with E-state index in [0.717, 1.165) is 36.3 Å². The van der Waals surface area contributed by atoms with Gasteiger partial charge in [0.2, 0.25) is 10.0 Å². The summed E-state index contributed by atoms with van der Waals surface area (Å²) >= 11 is 0. The van der Waals surface area contributed by atoms with Gasteiger partial charge >= 0.3 is 0 Å². The van der Waals surface area contributed by atoms with Crippen LogP contribution >= 0.6 is 0 Å². The van der Waals surface area contributed by atoms with Crippen molar-refractivity contribution >= 4 is 15.7 Å². The number of aryl methyl sites for hydroxylation is 1. The van der Waals surface area contributed by atoms with Crippen molar-refractivity contribution in [3.05, 3.63) is 53.6 Å². The number of nitrogens with zero attached hydrogens (tertiary/aromatic N) is 2. The van der Waals surface area contributed by atoms with Crippen molar-refractivity contribution in [2.24, 2.45) is 0 Å². The van der Waals surface area contributed by atoms with Gasteiger partial charge in [-0.15, -0.1) is 0 Å². The normalized spacial score (nSPS) is 15.5. The molecule has 0 spiro atoms. The summed E-state index contributed by atoms with van der Waals surface area (Å²) in [7, 11) is -3.53. The van der Waals surface area contributed by atoms with Gasteiger partial charge in [0.1, 0.15) is 5.75 Å². The van der Waals surface area contributed by atoms with E-state index >= 15 is 0 Å². The first-order chi connectivity index (χ1) is 14.9. The molecule has 2 aromatic rings. The van der Waals surface area contributed by atoms with Gasteiger partial charge < -0.3 is 9.64 Å². The number of unbranched alkanes of at least 4 members (excludes halogenated alkanes) is 1. The minimum atomic E-state index is -3.53. The summed E-state index contributed by atoms with van der Waals surface area (Å²) in [6.07, 6.45) is 3.08. The summed E-state index contributed by atoms with van der Waals surface area (Å²) in [5, 5.41) is 0. The third kappa shape index (κ3) is 5.60. The van der Waals surface area contributed by atoms with E-state index in [-0.39, 0.29) is 5.92 Å². The summed E-state index contributed by atoms with van der Waals surface area (Å²) in [4.78, 5) is 2.62. The molecule has 5 nitrogen and oxygen atoms in total. The molecule has 1 fully saturated rings. The SMILES string of the molecule is CCCCOc1ccc(S(=O)(=O)N2CCN(c3ccc(CC)cc3)CC2)cc1C(C)C. The Morgan fingerprint density at radius 3 is 2.23 bits per heavy atom. The molecule has 170 valence electrons. The Balaban J connectivity index is 1.72. The zero-order chi connectivity index (χ0) is 22.4. The highest BCUT2D eigenvalue weighted by Gasteiger charge is 2.29. The van der Waals surface area contributed by atoms with Gasteiger partial charge in [0.25, 0.3) is 0 Å². The minimum Gasteiger partial charge on any atom is -0.493 e. The highest BCUT2D eigenvalue weighted by Crippen LogP contribution is 2.31. The Morgan fingerprint density at radius 2 is 1.65 bits per heavy atom. The van der Waals surface area contributed by atoms with Crippen molar-refractivity contribution in [1.82, 2.24) is 4.31 Å². The Hall–Kier alpha value is -2.05. The second-order valence-corrected chi connectivity index (χ2v) is 10.4. The zero-order valence-corrected chi connectivity index (χ0v) is 20.1. The molecule has 2 aromatic carbocycles. The van der Waals surface area contributed by atoms with Crippen molar-refractivity contribution in [2.45, 2.75) is 57.8 Å². The quantitative estimate of drug-likeness (QED) is 0.507. The van der Waals surface area contributed by atoms with E-state index < -0.39 is 10.0 Å². The molecule has 0 unspecified atom stereocenters. The van der Waals surface area contributed by atoms with Gasteiger partial charge in [-0.1, -0.05) is 46.2 Å². The molecular weight excluding hydrogens is 408 g/mol. The largest absolute Gasteiger partial charge is 0.493 e. The zero-order valence-electron chi connectivity index (χ0n) is 19.3. The Kier molecular flexibility index (Phi) is 8.00. The fourth-order valence-electron chi connectivity index (χ4n) is 3.87. The van der Waals surface area contributed by atoms with Crippen LogP contribution in [0.25, 0.3) is 0 Å². The van der Waals surface area contributed by atoms with E-state index in [1.54, 1.807) is 16.4 Å². The van der Waals surface area contributed by atoms with Crippen LogP contribution in [0.2, 0.25) is 0 Å². The molecule has 6 heteroatoms. The standard InChI is InChI=1S/C25H36N2O3S/c1-5-7-18-30-25-13-12-23(19-24(25)20(3)4)31(28,29)27-16-14-26(15-17-27)22-10-8-21(6-2)9-11-22/h8-13,19-20H,5-7,14-18H2,1-4H3. The van der Waals surface area contributed by atoms with E-state index in [9.17, 15) is 8.42 Å². The summed E-state index contributed by atoms with van der Waals surface area (Å²) in [6, 6.07) is 13.9. The predicted molar refractivity (Wildman–Crippen MR) is 128 cm³/mol. The van der Waals surface area contributed by atoms with Crippen LogP contribution < -0.4 is 9.64 Å². The molecule has 0 N–H and O–H groups in total. The molecule has 3 rings (SSSR count). The smallest absolute Gasteiger partial charge is 0.243 e. The molecule has 31 heavy (non-hydrogen) atoms. The topological polar surface area (TPSA) is 49.9 Å². The van der Waals surface area contributed by atoms with E-state index in [4.69, 9.17) is 4.74 Å². The maximum Gasteiger partial charge on any atom is 0.243 e. The molecule has 0 atom stereocenters. The van der Waals surface area contributed by atoms with Gasteiger partial charge in [-0.05, 0) is 60.2 Å². The predicted octanol–water partition coefficient (Wildman–Crippen LogP) is 5.06. The first-order valence-electron chi connectivity index (χ1n) is 11.5. The van der Waals surface area contributed by atoms with E-state index in [1.807, 2.05) is 6.07 Å². The van der Waals surface area contributed by atoms with Gasteiger partial charge in [0.15, 0.2) is 0 Å². The van der Waals surface area contributed by atoms with Gasteiger partial charge in [0, 0.05) is 31.9 Å². The molecular formula is C25H36N2O3S. The summed E-state index contributed by atoms with van der Waals surface area (Å²) in [6.45, 7) is 11.4. The lowest BCUT2D eigenvalue weighted by Gasteiger charge is -2.35. The molecule has 1 aliphatic rings. The fraction of sp³-hybridized carbons (Fsp3) is 0.520. The Labute approximate surface area is 188 Å². The van der Waals surface area contributed by atoms with E-state index in [0.29, 0.717) is 37.7 Å². The van der Waals surface area contributed by atoms with Crippen molar-refractivity contribution in [3.8, 4) is 5.75 Å². The van der Waals surface area contributed by atoms with Crippen LogP contribution in [0, 0.1) is 0 Å². The summed E-state index contributed by atoms with van der Waals surface area (Å²) in [5.74, 6) is 0.984. The van der Waals surface area contributed by atoms with Gasteiger partial charge in [-0.25, -0.2) is 8.42 Å². The maximum atomic E-state index is 13.3. The average molecular weight is 445 g/mol. The van der Waals surface area contributed by atoms with Crippen molar-refractivity contribution in [1.29, 1.82) is 0 Å². The summed E-state index contributed by atoms with van der Waals surface area (Å²) in [5.41, 5.74) is 3.42. The monoisotopic (exact) mass is 444 g/mol. The first kappa shape index (κ1) is 23.6. The molecule has 1 heterocycles. The molecule has 0 bridgehead atoms. The van der Waals surface area contributed by atoms with Crippen LogP contribution in [0.3, 0.4) is 0 Å². The number of rotatable bonds is 9. The molecule has 0 amide bonds. The van der Waals surface area contributed by atoms with Gasteiger partial charge in [-0.3, -0.25) is 0 Å². The first-order valence-corrected chi connectivity index (χ1v) is 12.9. The molecule has 0 radical (unpaired) electrons. The number of ether oxygens (including phenoxy) is 1. The van der Waals surface area contributed by atoms with Crippen LogP contribution in [0.15, 0.2) is 47.4 Å². The van der Waals surface area contributed by atoms with E-state index in [1.165, 1.54) is 5.56 Å². The molecule has 0 saturated carbocycles. The maximum absolute atomic E-state index is 13.3. The summed E-state index contributed by atoms with van der Waals surface area (Å²) < 4.78 is 34.2. The molecule has 0 aromatic heterocycles. The lowest BCUT2D eigenvalue weighted by atomic mass is 10.0. The number of piperazine rings is 1. The number of sulfonamides is 1. The molecule has 1 aliphatic heterocycles. The van der Waals surface area contributed by atoms with Gasteiger partial charge in [0.05, 0.1) is 11.5 Å². The molecule has 0 aliphatic carbocycles. The average Bonchev–Trinajstić information content (AvgIpc) is 2.79. The second kappa shape index (κ2) is 10.5. The fourth-order valence-corrected chi connectivity index (χ4v) is 5.33. The number of benzene rings is 2. The molecule has 1 saturated heterocycles. The van der Waals surface area contributed by atoms with Crippen molar-refractivity contribution < 1.29 is 13.2 Å². The van der Waals surface area contributed by atoms with E-state index in [2.05, 4.69) is 56.9 Å². The van der Waals surface area contributed by atoms with Crippen LogP contribution in [-0.2, 0) is 16.4 Å². The van der Waals surface area contributed by atoms with Crippen LogP contribution in [0.4, 0.5) is 5.69 Å². The number of anilines is 1. The Morgan fingerprint density at radius 1 is 0.968 bits per heavy atom. The number of hydrogen-bond donors (Lipinski definition) is 0. The third-order valence-electron chi connectivity index (χ3n) is 5.94. The highest BCUT2D eigenvalue weighted by atomic mass is 32.2. The van der Waals surface area contributed by atoms with Crippen LogP contribution in [-0.4, -0.2) is 45.5 Å². The van der Waals surface area contributed by atoms with Crippen LogP contribution in [0.1, 0.15) is 57.6 Å². The third-order valence-corrected chi connectivity index (χ3v) is 7.84. The lowest BCUT2D eigenvalue weighted by molar-refractivity contribution is 0.305. The van der Waals surface area contributed by atoms with Crippen LogP contribution in [0.5, 0.6) is 5.75 Å². The highest BCUT2D eigenvalue weighted by molar-refractivity contribution is 7.89. The Bertz CT molecular complexity index is 947. The van der Waals surface area contributed by atoms with Crippen molar-refractivity contribution in [2.75, 3.05) is 37.7 Å². The minimum absolute atomic E-state index is 0.190. The lowest BCUT2D eigenvalue weighted by Crippen LogP contribution is -2.48. The van der Waals surface area contributed by atoms with Gasteiger partial charge in [-0.2, -0.15) is 4.31 Å². The second-order valence-electron chi connectivity index (χ2n) is 8.47.